The number of aromatic nitrogens is 1. The summed E-state index contributed by atoms with van der Waals surface area (Å²) in [6.07, 6.45) is 0. The van der Waals surface area contributed by atoms with Gasteiger partial charge in [0, 0.05) is 0 Å². The van der Waals surface area contributed by atoms with Crippen molar-refractivity contribution in [3.05, 3.63) is 60.0 Å². The third-order valence-electron chi connectivity index (χ3n) is 2.99. The van der Waals surface area contributed by atoms with Gasteiger partial charge in [-0.3, -0.25) is 0 Å². The third kappa shape index (κ3) is 3.45. The van der Waals surface area contributed by atoms with Gasteiger partial charge in [0.25, 0.3) is 0 Å². The van der Waals surface area contributed by atoms with E-state index in [4.69, 9.17) is 9.15 Å². The van der Waals surface area contributed by atoms with Crippen molar-refractivity contribution in [3.8, 4) is 5.75 Å². The van der Waals surface area contributed by atoms with E-state index in [2.05, 4.69) is 9.72 Å². The van der Waals surface area contributed by atoms with Crippen LogP contribution in [0.2, 0.25) is 0 Å². The van der Waals surface area contributed by atoms with Crippen LogP contribution in [0.4, 0.5) is 8.78 Å². The Morgan fingerprint density at radius 3 is 2.65 bits per heavy atom. The number of carbonyl (C=O) groups is 1. The van der Waals surface area contributed by atoms with Crippen LogP contribution < -0.4 is 4.74 Å². The van der Waals surface area contributed by atoms with E-state index >= 15 is 0 Å². The van der Waals surface area contributed by atoms with Crippen LogP contribution in [0.3, 0.4) is 0 Å². The van der Waals surface area contributed by atoms with Gasteiger partial charge in [-0.1, -0.05) is 24.3 Å². The molecule has 0 radical (unpaired) electrons. The first-order chi connectivity index (χ1) is 11.1. The zero-order chi connectivity index (χ0) is 16.2. The number of ether oxygens (including phenoxy) is 2. The fourth-order valence-corrected chi connectivity index (χ4v) is 2.02. The number of fused-ring (bicyclic) bond motifs is 1. The maximum absolute atomic E-state index is 12.3. The van der Waals surface area contributed by atoms with Crippen LogP contribution in [-0.2, 0) is 11.3 Å². The molecule has 0 spiro atoms. The van der Waals surface area contributed by atoms with Crippen molar-refractivity contribution in [2.75, 3.05) is 0 Å². The Morgan fingerprint density at radius 2 is 1.87 bits per heavy atom. The zero-order valence-corrected chi connectivity index (χ0v) is 11.7. The molecule has 1 aromatic heterocycles. The van der Waals surface area contributed by atoms with E-state index in [9.17, 15) is 13.6 Å². The maximum Gasteiger partial charge on any atom is 0.387 e. The van der Waals surface area contributed by atoms with Crippen LogP contribution in [0, 0.1) is 0 Å². The van der Waals surface area contributed by atoms with Gasteiger partial charge >= 0.3 is 12.6 Å². The minimum atomic E-state index is -3.03. The molecule has 118 valence electrons. The highest BCUT2D eigenvalue weighted by Gasteiger charge is 2.17. The van der Waals surface area contributed by atoms with Crippen LogP contribution in [0.15, 0.2) is 52.9 Å². The molecule has 0 N–H and O–H groups in total. The molecule has 0 aliphatic carbocycles. The number of esters is 1. The predicted octanol–water partition coefficient (Wildman–Crippen LogP) is 3.79. The van der Waals surface area contributed by atoms with Crippen LogP contribution in [0.5, 0.6) is 5.75 Å². The SMILES string of the molecule is O=C(OCc1nc2ccccc2o1)c1ccccc1OC(F)F. The van der Waals surface area contributed by atoms with Crippen LogP contribution >= 0.6 is 0 Å². The monoisotopic (exact) mass is 319 g/mol. The molecule has 0 aliphatic heterocycles. The highest BCUT2D eigenvalue weighted by molar-refractivity contribution is 5.92. The van der Waals surface area contributed by atoms with Gasteiger partial charge in [-0.25, -0.2) is 9.78 Å². The van der Waals surface area contributed by atoms with E-state index in [0.717, 1.165) is 0 Å². The van der Waals surface area contributed by atoms with Crippen molar-refractivity contribution in [1.82, 2.24) is 4.98 Å². The largest absolute Gasteiger partial charge is 0.452 e. The van der Waals surface area contributed by atoms with E-state index in [-0.39, 0.29) is 23.8 Å². The summed E-state index contributed by atoms with van der Waals surface area (Å²) in [7, 11) is 0. The molecule has 0 aliphatic rings. The second-order valence-electron chi connectivity index (χ2n) is 4.53. The Morgan fingerprint density at radius 1 is 1.13 bits per heavy atom. The molecular formula is C16H11F2NO4. The summed E-state index contributed by atoms with van der Waals surface area (Å²) in [6.45, 7) is -3.24. The normalized spacial score (nSPS) is 10.9. The van der Waals surface area contributed by atoms with Crippen molar-refractivity contribution < 1.29 is 27.5 Å². The molecule has 3 rings (SSSR count). The van der Waals surface area contributed by atoms with Crippen LogP contribution in [0.1, 0.15) is 16.2 Å². The van der Waals surface area contributed by atoms with E-state index in [1.54, 1.807) is 24.3 Å². The standard InChI is InChI=1S/C16H11F2NO4/c17-16(18)23-12-7-3-1-5-10(12)15(20)21-9-14-19-11-6-2-4-8-13(11)22-14/h1-8,16H,9H2. The summed E-state index contributed by atoms with van der Waals surface area (Å²) in [6, 6.07) is 12.7. The average Bonchev–Trinajstić information content (AvgIpc) is 2.95. The Kier molecular flexibility index (Phi) is 4.18. The number of benzene rings is 2. The Bertz CT molecular complexity index is 799. The molecule has 0 unspecified atom stereocenters. The summed E-state index contributed by atoms with van der Waals surface area (Å²) in [5.74, 6) is -0.833. The number of nitrogens with zero attached hydrogens (tertiary/aromatic N) is 1. The third-order valence-corrected chi connectivity index (χ3v) is 2.99. The fourth-order valence-electron chi connectivity index (χ4n) is 2.02. The lowest BCUT2D eigenvalue weighted by molar-refractivity contribution is -0.0505. The molecule has 5 nitrogen and oxygen atoms in total. The van der Waals surface area contributed by atoms with Crippen molar-refractivity contribution in [2.24, 2.45) is 0 Å². The van der Waals surface area contributed by atoms with Gasteiger partial charge in [0.15, 0.2) is 12.2 Å². The molecule has 0 atom stereocenters. The second kappa shape index (κ2) is 6.43. The number of oxazole rings is 1. The van der Waals surface area contributed by atoms with Gasteiger partial charge in [0.2, 0.25) is 5.89 Å². The van der Waals surface area contributed by atoms with Crippen molar-refractivity contribution in [1.29, 1.82) is 0 Å². The topological polar surface area (TPSA) is 61.6 Å². The van der Waals surface area contributed by atoms with Crippen molar-refractivity contribution in [2.45, 2.75) is 13.2 Å². The lowest BCUT2D eigenvalue weighted by Crippen LogP contribution is -2.10. The minimum absolute atomic E-state index is 0.0936. The molecule has 0 saturated heterocycles. The van der Waals surface area contributed by atoms with Gasteiger partial charge in [-0.05, 0) is 24.3 Å². The van der Waals surface area contributed by atoms with Crippen molar-refractivity contribution >= 4 is 17.1 Å². The number of rotatable bonds is 5. The molecule has 0 saturated carbocycles. The zero-order valence-electron chi connectivity index (χ0n) is 11.7. The number of para-hydroxylation sites is 3. The number of hydrogen-bond acceptors (Lipinski definition) is 5. The molecule has 23 heavy (non-hydrogen) atoms. The number of alkyl halides is 2. The quantitative estimate of drug-likeness (QED) is 0.670. The molecule has 3 aromatic rings. The van der Waals surface area contributed by atoms with Crippen LogP contribution in [-0.4, -0.2) is 17.6 Å². The second-order valence-corrected chi connectivity index (χ2v) is 4.53. The van der Waals surface area contributed by atoms with Crippen molar-refractivity contribution in [3.63, 3.8) is 0 Å². The van der Waals surface area contributed by atoms with Gasteiger partial charge < -0.3 is 13.9 Å². The van der Waals surface area contributed by atoms with Gasteiger partial charge in [0.05, 0.1) is 0 Å². The van der Waals surface area contributed by atoms with Gasteiger partial charge in [0.1, 0.15) is 16.8 Å². The molecular weight excluding hydrogens is 308 g/mol. The molecule has 0 bridgehead atoms. The predicted molar refractivity (Wildman–Crippen MR) is 76.2 cm³/mol. The Hall–Kier alpha value is -2.96. The lowest BCUT2D eigenvalue weighted by Gasteiger charge is -2.09. The molecule has 7 heteroatoms. The smallest absolute Gasteiger partial charge is 0.387 e. The first-order valence-corrected chi connectivity index (χ1v) is 6.69. The minimum Gasteiger partial charge on any atom is -0.452 e. The van der Waals surface area contributed by atoms with Gasteiger partial charge in [-0.15, -0.1) is 0 Å². The van der Waals surface area contributed by atoms with E-state index in [1.165, 1.54) is 24.3 Å². The highest BCUT2D eigenvalue weighted by atomic mass is 19.3. The summed E-state index contributed by atoms with van der Waals surface area (Å²) in [5, 5.41) is 0. The summed E-state index contributed by atoms with van der Waals surface area (Å²) in [4.78, 5) is 16.2. The molecule has 0 amide bonds. The van der Waals surface area contributed by atoms with E-state index in [1.807, 2.05) is 0 Å². The number of halogens is 2. The number of hydrogen-bond donors (Lipinski definition) is 0. The fraction of sp³-hybridized carbons (Fsp3) is 0.125. The average molecular weight is 319 g/mol. The first kappa shape index (κ1) is 15.0. The van der Waals surface area contributed by atoms with E-state index < -0.39 is 12.6 Å². The number of carbonyl (C=O) groups excluding carboxylic acids is 1. The lowest BCUT2D eigenvalue weighted by atomic mass is 10.2. The molecule has 2 aromatic carbocycles. The molecule has 1 heterocycles. The summed E-state index contributed by atoms with van der Waals surface area (Å²) < 4.78 is 39.4. The van der Waals surface area contributed by atoms with E-state index in [0.29, 0.717) is 11.1 Å². The van der Waals surface area contributed by atoms with Crippen LogP contribution in [0.25, 0.3) is 11.1 Å². The molecule has 0 fully saturated rings. The Labute approximate surface area is 129 Å². The summed E-state index contributed by atoms with van der Waals surface area (Å²) >= 11 is 0. The first-order valence-electron chi connectivity index (χ1n) is 6.69. The highest BCUT2D eigenvalue weighted by Crippen LogP contribution is 2.22. The summed E-state index contributed by atoms with van der Waals surface area (Å²) in [5.41, 5.74) is 1.11. The Balaban J connectivity index is 1.72. The van der Waals surface area contributed by atoms with Gasteiger partial charge in [-0.2, -0.15) is 8.78 Å². The maximum atomic E-state index is 12.3.